The van der Waals surface area contributed by atoms with E-state index in [0.717, 1.165) is 19.2 Å². The Balaban J connectivity index is 3.58. The number of alkyl halides is 3. The lowest BCUT2D eigenvalue weighted by Gasteiger charge is -2.29. The average molecular weight is 267 g/mol. The van der Waals surface area contributed by atoms with Crippen LogP contribution in [0.5, 0.6) is 5.75 Å². The van der Waals surface area contributed by atoms with Crippen LogP contribution in [-0.4, -0.2) is 24.4 Å². The Morgan fingerprint density at radius 1 is 1.39 bits per heavy atom. The molecule has 0 fully saturated rings. The van der Waals surface area contributed by atoms with Crippen LogP contribution in [0.25, 0.3) is 0 Å². The summed E-state index contributed by atoms with van der Waals surface area (Å²) >= 11 is 0. The summed E-state index contributed by atoms with van der Waals surface area (Å²) in [7, 11) is 1.02. The zero-order valence-electron chi connectivity index (χ0n) is 9.08. The van der Waals surface area contributed by atoms with Crippen molar-refractivity contribution in [1.82, 2.24) is 0 Å². The van der Waals surface area contributed by atoms with Crippen LogP contribution in [0.4, 0.5) is 17.6 Å². The normalized spacial score (nSPS) is 15.0. The van der Waals surface area contributed by atoms with Crippen molar-refractivity contribution in [3.05, 3.63) is 29.6 Å². The van der Waals surface area contributed by atoms with E-state index in [4.69, 9.17) is 10.8 Å². The maximum absolute atomic E-state index is 13.0. The van der Waals surface area contributed by atoms with Crippen LogP contribution < -0.4 is 10.5 Å². The predicted molar refractivity (Wildman–Crippen MR) is 52.5 cm³/mol. The number of nitrogens with two attached hydrogens (primary N) is 1. The Labute approximate surface area is 99.0 Å². The molecule has 1 aromatic rings. The molecule has 0 radical (unpaired) electrons. The number of halogens is 4. The van der Waals surface area contributed by atoms with E-state index in [-0.39, 0.29) is 0 Å². The first-order valence-electron chi connectivity index (χ1n) is 4.57. The largest absolute Gasteiger partial charge is 0.496 e. The molecule has 8 heteroatoms. The van der Waals surface area contributed by atoms with Gasteiger partial charge in [0.25, 0.3) is 0 Å². The summed E-state index contributed by atoms with van der Waals surface area (Å²) in [6, 6.07) is 2.10. The number of carboxylic acid groups (broad SMARTS) is 1. The highest BCUT2D eigenvalue weighted by Gasteiger charge is 2.60. The van der Waals surface area contributed by atoms with Gasteiger partial charge in [0, 0.05) is 5.56 Å². The Morgan fingerprint density at radius 3 is 2.33 bits per heavy atom. The topological polar surface area (TPSA) is 72.5 Å². The summed E-state index contributed by atoms with van der Waals surface area (Å²) in [5.41, 5.74) is 0.182. The van der Waals surface area contributed by atoms with Gasteiger partial charge in [-0.3, -0.25) is 0 Å². The van der Waals surface area contributed by atoms with Gasteiger partial charge in [0.15, 0.2) is 0 Å². The fourth-order valence-electron chi connectivity index (χ4n) is 1.38. The number of carboxylic acids is 1. The van der Waals surface area contributed by atoms with E-state index in [2.05, 4.69) is 4.74 Å². The Kier molecular flexibility index (Phi) is 3.52. The van der Waals surface area contributed by atoms with Crippen molar-refractivity contribution in [2.75, 3.05) is 7.11 Å². The number of hydrogen-bond acceptors (Lipinski definition) is 3. The maximum atomic E-state index is 13.0. The average Bonchev–Trinajstić information content (AvgIpc) is 2.26. The second-order valence-corrected chi connectivity index (χ2v) is 3.46. The molecule has 1 unspecified atom stereocenters. The van der Waals surface area contributed by atoms with Gasteiger partial charge < -0.3 is 15.6 Å². The molecule has 0 aliphatic heterocycles. The molecule has 1 atom stereocenters. The zero-order valence-corrected chi connectivity index (χ0v) is 9.08. The third-order valence-corrected chi connectivity index (χ3v) is 2.37. The molecule has 0 spiro atoms. The summed E-state index contributed by atoms with van der Waals surface area (Å²) in [6.07, 6.45) is -5.31. The third-order valence-electron chi connectivity index (χ3n) is 2.37. The quantitative estimate of drug-likeness (QED) is 0.816. The fourth-order valence-corrected chi connectivity index (χ4v) is 1.38. The molecule has 0 saturated carbocycles. The van der Waals surface area contributed by atoms with Gasteiger partial charge in [0.1, 0.15) is 11.6 Å². The molecule has 0 aliphatic rings. The summed E-state index contributed by atoms with van der Waals surface area (Å²) < 4.78 is 56.0. The lowest BCUT2D eigenvalue weighted by molar-refractivity contribution is -0.205. The fraction of sp³-hybridized carbons (Fsp3) is 0.300. The molecule has 0 heterocycles. The summed E-state index contributed by atoms with van der Waals surface area (Å²) in [5, 5.41) is 8.71. The van der Waals surface area contributed by atoms with E-state index in [1.165, 1.54) is 0 Å². The molecule has 3 N–H and O–H groups in total. The third kappa shape index (κ3) is 2.10. The first kappa shape index (κ1) is 14.2. The summed E-state index contributed by atoms with van der Waals surface area (Å²) in [4.78, 5) is 10.8. The SMILES string of the molecule is COc1ccc(F)cc1C(N)(C(=O)O)C(F)(F)F. The lowest BCUT2D eigenvalue weighted by atomic mass is 9.89. The van der Waals surface area contributed by atoms with Crippen LogP contribution in [-0.2, 0) is 10.3 Å². The Bertz CT molecular complexity index is 475. The van der Waals surface area contributed by atoms with E-state index in [9.17, 15) is 22.4 Å². The van der Waals surface area contributed by atoms with E-state index >= 15 is 0 Å². The first-order chi connectivity index (χ1) is 8.14. The van der Waals surface area contributed by atoms with Crippen molar-refractivity contribution < 1.29 is 32.2 Å². The highest BCUT2D eigenvalue weighted by Crippen LogP contribution is 2.41. The molecule has 0 aromatic heterocycles. The predicted octanol–water partition coefficient (Wildman–Crippen LogP) is 1.64. The molecule has 0 bridgehead atoms. The summed E-state index contributed by atoms with van der Waals surface area (Å²) in [6.45, 7) is 0. The number of carbonyl (C=O) groups is 1. The number of rotatable bonds is 3. The molecule has 4 nitrogen and oxygen atoms in total. The van der Waals surface area contributed by atoms with Gasteiger partial charge in [-0.25, -0.2) is 9.18 Å². The van der Waals surface area contributed by atoms with Crippen molar-refractivity contribution in [3.8, 4) is 5.75 Å². The maximum Gasteiger partial charge on any atom is 0.421 e. The second kappa shape index (κ2) is 4.45. The zero-order chi connectivity index (χ0) is 14.1. The van der Waals surface area contributed by atoms with Crippen LogP contribution in [0.3, 0.4) is 0 Å². The van der Waals surface area contributed by atoms with Gasteiger partial charge in [0.05, 0.1) is 7.11 Å². The molecule has 1 aromatic carbocycles. The van der Waals surface area contributed by atoms with E-state index < -0.39 is 34.8 Å². The second-order valence-electron chi connectivity index (χ2n) is 3.46. The number of ether oxygens (including phenoxy) is 1. The van der Waals surface area contributed by atoms with Crippen molar-refractivity contribution in [2.45, 2.75) is 11.7 Å². The smallest absolute Gasteiger partial charge is 0.421 e. The highest BCUT2D eigenvalue weighted by molar-refractivity contribution is 5.82. The molecule has 100 valence electrons. The molecule has 18 heavy (non-hydrogen) atoms. The molecule has 1 rings (SSSR count). The van der Waals surface area contributed by atoms with Crippen LogP contribution in [0.2, 0.25) is 0 Å². The van der Waals surface area contributed by atoms with Crippen molar-refractivity contribution in [1.29, 1.82) is 0 Å². The van der Waals surface area contributed by atoms with Crippen LogP contribution >= 0.6 is 0 Å². The molecule has 0 saturated heterocycles. The molecular weight excluding hydrogens is 258 g/mol. The van der Waals surface area contributed by atoms with Gasteiger partial charge in [-0.15, -0.1) is 0 Å². The van der Waals surface area contributed by atoms with Gasteiger partial charge in [-0.1, -0.05) is 0 Å². The van der Waals surface area contributed by atoms with E-state index in [1.54, 1.807) is 0 Å². The number of benzene rings is 1. The lowest BCUT2D eigenvalue weighted by Crippen LogP contribution is -2.56. The van der Waals surface area contributed by atoms with Crippen LogP contribution in [0.1, 0.15) is 5.56 Å². The van der Waals surface area contributed by atoms with E-state index in [0.29, 0.717) is 6.07 Å². The highest BCUT2D eigenvalue weighted by atomic mass is 19.4. The number of aliphatic carboxylic acids is 1. The van der Waals surface area contributed by atoms with Gasteiger partial charge in [0.2, 0.25) is 5.54 Å². The Morgan fingerprint density at radius 2 is 1.94 bits per heavy atom. The minimum Gasteiger partial charge on any atom is -0.496 e. The standard InChI is InChI=1S/C10H9F4NO3/c1-18-7-3-2-5(11)4-6(7)9(15,8(16)17)10(12,13)14/h2-4H,15H2,1H3,(H,16,17). The molecule has 0 amide bonds. The molecular formula is C10H9F4NO3. The van der Waals surface area contributed by atoms with Crippen molar-refractivity contribution in [2.24, 2.45) is 5.73 Å². The van der Waals surface area contributed by atoms with Crippen molar-refractivity contribution in [3.63, 3.8) is 0 Å². The minimum absolute atomic E-state index is 0.389. The van der Waals surface area contributed by atoms with Gasteiger partial charge in [-0.05, 0) is 18.2 Å². The van der Waals surface area contributed by atoms with E-state index in [1.807, 2.05) is 0 Å². The molecule has 0 aliphatic carbocycles. The van der Waals surface area contributed by atoms with Gasteiger partial charge >= 0.3 is 12.1 Å². The van der Waals surface area contributed by atoms with Crippen LogP contribution in [0, 0.1) is 5.82 Å². The Hall–Kier alpha value is -1.83. The van der Waals surface area contributed by atoms with Crippen molar-refractivity contribution >= 4 is 5.97 Å². The van der Waals surface area contributed by atoms with Gasteiger partial charge in [-0.2, -0.15) is 13.2 Å². The monoisotopic (exact) mass is 267 g/mol. The number of methoxy groups -OCH3 is 1. The minimum atomic E-state index is -5.31. The summed E-state index contributed by atoms with van der Waals surface area (Å²) in [5.74, 6) is -3.86. The first-order valence-corrected chi connectivity index (χ1v) is 4.57. The van der Waals surface area contributed by atoms with Crippen LogP contribution in [0.15, 0.2) is 18.2 Å². The number of hydrogen-bond donors (Lipinski definition) is 2.